The number of ether oxygens (including phenoxy) is 1. The fourth-order valence-electron chi connectivity index (χ4n) is 6.50. The highest BCUT2D eigenvalue weighted by Crippen LogP contribution is 2.38. The first kappa shape index (κ1) is 30.7. The van der Waals surface area contributed by atoms with Crippen LogP contribution in [-0.4, -0.2) is 79.5 Å². The lowest BCUT2D eigenvalue weighted by Crippen LogP contribution is -2.67. The van der Waals surface area contributed by atoms with E-state index in [0.717, 1.165) is 11.3 Å². The van der Waals surface area contributed by atoms with Crippen LogP contribution in [0.2, 0.25) is 0 Å². The van der Waals surface area contributed by atoms with Gasteiger partial charge in [0, 0.05) is 37.3 Å². The first-order valence-electron chi connectivity index (χ1n) is 15.7. The molecular formula is C34H41FN6O4. The van der Waals surface area contributed by atoms with E-state index >= 15 is 0 Å². The summed E-state index contributed by atoms with van der Waals surface area (Å²) in [6, 6.07) is 13.0. The normalized spacial score (nSPS) is 22.0. The zero-order chi connectivity index (χ0) is 32.1. The third-order valence-corrected chi connectivity index (χ3v) is 9.23. The maximum atomic E-state index is 14.3. The molecule has 1 aliphatic carbocycles. The molecule has 3 amide bonds. The third-order valence-electron chi connectivity index (χ3n) is 9.23. The van der Waals surface area contributed by atoms with Gasteiger partial charge in [0.25, 0.3) is 5.91 Å². The van der Waals surface area contributed by atoms with Crippen LogP contribution in [0.1, 0.15) is 77.8 Å². The number of benzene rings is 2. The monoisotopic (exact) mass is 616 g/mol. The minimum atomic E-state index is -1.20. The molecule has 1 aromatic heterocycles. The molecule has 0 spiro atoms. The molecule has 3 heterocycles. The van der Waals surface area contributed by atoms with Gasteiger partial charge in [-0.1, -0.05) is 29.8 Å². The van der Waals surface area contributed by atoms with E-state index in [2.05, 4.69) is 28.5 Å². The number of nitrogens with zero attached hydrogens (tertiary/aromatic N) is 6. The van der Waals surface area contributed by atoms with E-state index < -0.39 is 23.3 Å². The lowest BCUT2D eigenvalue weighted by molar-refractivity contribution is -0.150. The number of likely N-dealkylation sites (tertiary alicyclic amines) is 1. The van der Waals surface area contributed by atoms with Gasteiger partial charge in [0.05, 0.1) is 12.2 Å². The fraction of sp³-hybridized carbons (Fsp3) is 0.500. The summed E-state index contributed by atoms with van der Waals surface area (Å²) in [5, 5.41) is 8.87. The Labute approximate surface area is 263 Å². The molecule has 0 radical (unpaired) electrons. The Morgan fingerprint density at radius 3 is 2.44 bits per heavy atom. The van der Waals surface area contributed by atoms with Crippen LogP contribution in [0.5, 0.6) is 0 Å². The lowest BCUT2D eigenvalue weighted by Gasteiger charge is -2.47. The predicted octanol–water partition coefficient (Wildman–Crippen LogP) is 5.56. The molecule has 3 aliphatic rings. The highest BCUT2D eigenvalue weighted by Gasteiger charge is 2.50. The quantitative estimate of drug-likeness (QED) is 0.372. The maximum Gasteiger partial charge on any atom is 0.411 e. The van der Waals surface area contributed by atoms with Crippen LogP contribution in [-0.2, 0) is 14.3 Å². The van der Waals surface area contributed by atoms with E-state index in [-0.39, 0.29) is 43.3 Å². The molecule has 45 heavy (non-hydrogen) atoms. The highest BCUT2D eigenvalue weighted by atomic mass is 19.1. The minimum Gasteiger partial charge on any atom is -0.444 e. The molecule has 2 saturated heterocycles. The number of halogens is 1. The molecule has 238 valence electrons. The molecule has 10 nitrogen and oxygen atoms in total. The van der Waals surface area contributed by atoms with Gasteiger partial charge in [-0.3, -0.25) is 14.5 Å². The van der Waals surface area contributed by atoms with E-state index in [9.17, 15) is 18.8 Å². The van der Waals surface area contributed by atoms with E-state index in [0.29, 0.717) is 18.0 Å². The molecule has 2 aliphatic heterocycles. The standard InChI is InChI=1S/C34H41FN6O4/c1-33(2,3)45-32(44)39-20-27(41-21-28(36-37-41)24-11-7-10-23(18-24)22-8-6-9-22)19-29(39)30(42)40-17-16-38(31(43)34(40,4)5)26-14-12-25(35)13-15-26/h7,10-15,18,21-22,27,29H,6,8-9,16-17,19-20H2,1-5H3/t27?,29-/m0/s1. The number of carbonyl (C=O) groups excluding carboxylic acids is 3. The summed E-state index contributed by atoms with van der Waals surface area (Å²) in [6.45, 7) is 9.47. The number of anilines is 1. The van der Waals surface area contributed by atoms with Crippen molar-refractivity contribution < 1.29 is 23.5 Å². The van der Waals surface area contributed by atoms with Crippen LogP contribution in [0, 0.1) is 5.82 Å². The number of aromatic nitrogens is 3. The first-order chi connectivity index (χ1) is 21.3. The van der Waals surface area contributed by atoms with Gasteiger partial charge in [0.1, 0.15) is 28.7 Å². The van der Waals surface area contributed by atoms with Crippen LogP contribution >= 0.6 is 0 Å². The Bertz CT molecular complexity index is 1590. The maximum absolute atomic E-state index is 14.3. The van der Waals surface area contributed by atoms with E-state index in [4.69, 9.17) is 4.74 Å². The summed E-state index contributed by atoms with van der Waals surface area (Å²) in [5.74, 6) is -0.400. The van der Waals surface area contributed by atoms with Crippen molar-refractivity contribution in [2.75, 3.05) is 24.5 Å². The van der Waals surface area contributed by atoms with Crippen molar-refractivity contribution in [1.82, 2.24) is 24.8 Å². The molecule has 0 N–H and O–H groups in total. The molecule has 11 heteroatoms. The third kappa shape index (κ3) is 6.04. The van der Waals surface area contributed by atoms with Crippen molar-refractivity contribution in [3.8, 4) is 11.3 Å². The molecular weight excluding hydrogens is 575 g/mol. The summed E-state index contributed by atoms with van der Waals surface area (Å²) in [5.41, 5.74) is 1.64. The molecule has 0 bridgehead atoms. The van der Waals surface area contributed by atoms with Crippen LogP contribution in [0.15, 0.2) is 54.7 Å². The first-order valence-corrected chi connectivity index (χ1v) is 15.7. The van der Waals surface area contributed by atoms with Gasteiger partial charge >= 0.3 is 6.09 Å². The van der Waals surface area contributed by atoms with Gasteiger partial charge < -0.3 is 14.5 Å². The zero-order valence-corrected chi connectivity index (χ0v) is 26.6. The molecule has 1 unspecified atom stereocenters. The number of carbonyl (C=O) groups is 3. The van der Waals surface area contributed by atoms with Crippen LogP contribution in [0.25, 0.3) is 11.3 Å². The summed E-state index contributed by atoms with van der Waals surface area (Å²) in [4.78, 5) is 46.0. The second-order valence-electron chi connectivity index (χ2n) is 13.9. The molecule has 3 fully saturated rings. The van der Waals surface area contributed by atoms with E-state index in [1.807, 2.05) is 12.3 Å². The number of piperazine rings is 1. The molecule has 6 rings (SSSR count). The Kier molecular flexibility index (Phi) is 7.91. The number of amides is 3. The molecule has 2 aromatic carbocycles. The van der Waals surface area contributed by atoms with Crippen molar-refractivity contribution in [3.63, 3.8) is 0 Å². The Morgan fingerprint density at radius 1 is 1.04 bits per heavy atom. The van der Waals surface area contributed by atoms with Crippen LogP contribution < -0.4 is 4.90 Å². The second kappa shape index (κ2) is 11.6. The van der Waals surface area contributed by atoms with Gasteiger partial charge in [-0.25, -0.2) is 13.9 Å². The van der Waals surface area contributed by atoms with Crippen molar-refractivity contribution in [2.24, 2.45) is 0 Å². The summed E-state index contributed by atoms with van der Waals surface area (Å²) in [7, 11) is 0. The average molecular weight is 617 g/mol. The topological polar surface area (TPSA) is 101 Å². The summed E-state index contributed by atoms with van der Waals surface area (Å²) >= 11 is 0. The van der Waals surface area contributed by atoms with Crippen molar-refractivity contribution >= 4 is 23.6 Å². The number of hydrogen-bond donors (Lipinski definition) is 0. The summed E-state index contributed by atoms with van der Waals surface area (Å²) in [6.07, 6.45) is 5.25. The minimum absolute atomic E-state index is 0.208. The van der Waals surface area contributed by atoms with E-state index in [1.54, 1.807) is 61.2 Å². The largest absolute Gasteiger partial charge is 0.444 e. The van der Waals surface area contributed by atoms with Gasteiger partial charge in [0.15, 0.2) is 0 Å². The van der Waals surface area contributed by atoms with Gasteiger partial charge in [-0.2, -0.15) is 0 Å². The van der Waals surface area contributed by atoms with E-state index in [1.165, 1.54) is 41.9 Å². The lowest BCUT2D eigenvalue weighted by atomic mass is 9.79. The summed E-state index contributed by atoms with van der Waals surface area (Å²) < 4.78 is 21.0. The second-order valence-corrected chi connectivity index (χ2v) is 13.9. The molecule has 1 saturated carbocycles. The average Bonchev–Trinajstić information content (AvgIpc) is 3.61. The molecule has 2 atom stereocenters. The SMILES string of the molecule is CC(C)(C)OC(=O)N1CC(n2cc(-c3cccc(C4CCC4)c3)nn2)C[C@H]1C(=O)N1CCN(c2ccc(F)cc2)C(=O)C1(C)C. The van der Waals surface area contributed by atoms with Crippen LogP contribution in [0.3, 0.4) is 0 Å². The zero-order valence-electron chi connectivity index (χ0n) is 26.6. The number of rotatable bonds is 5. The Morgan fingerprint density at radius 2 is 1.78 bits per heavy atom. The van der Waals surface area contributed by atoms with Crippen molar-refractivity contribution in [3.05, 3.63) is 66.1 Å². The smallest absolute Gasteiger partial charge is 0.411 e. The molecule has 3 aromatic rings. The Balaban J connectivity index is 1.24. The van der Waals surface area contributed by atoms with Gasteiger partial charge in [-0.15, -0.1) is 5.10 Å². The van der Waals surface area contributed by atoms with Gasteiger partial charge in [-0.05, 0) is 89.3 Å². The van der Waals surface area contributed by atoms with Crippen molar-refractivity contribution in [1.29, 1.82) is 0 Å². The Hall–Kier alpha value is -4.28. The predicted molar refractivity (Wildman–Crippen MR) is 167 cm³/mol. The fourth-order valence-corrected chi connectivity index (χ4v) is 6.50. The van der Waals surface area contributed by atoms with Crippen molar-refractivity contribution in [2.45, 2.75) is 89.4 Å². The highest BCUT2D eigenvalue weighted by molar-refractivity contribution is 6.03. The van der Waals surface area contributed by atoms with Crippen LogP contribution in [0.4, 0.5) is 14.9 Å². The number of hydrogen-bond acceptors (Lipinski definition) is 6. The van der Waals surface area contributed by atoms with Gasteiger partial charge in [0.2, 0.25) is 5.91 Å².